The number of ether oxygens (including phenoxy) is 2. The minimum absolute atomic E-state index is 0.00949. The number of benzene rings is 1. The number of amides is 1. The molecule has 0 N–H and O–H groups in total. The van der Waals surface area contributed by atoms with Crippen LogP contribution in [0.15, 0.2) is 18.2 Å². The van der Waals surface area contributed by atoms with E-state index in [1.54, 1.807) is 12.1 Å². The average molecular weight is 424 g/mol. The molecule has 2 atom stereocenters. The fourth-order valence-electron chi connectivity index (χ4n) is 4.61. The highest BCUT2D eigenvalue weighted by molar-refractivity contribution is 6.31. The van der Waals surface area contributed by atoms with Gasteiger partial charge in [-0.1, -0.05) is 17.7 Å². The van der Waals surface area contributed by atoms with Gasteiger partial charge in [0.15, 0.2) is 0 Å². The van der Waals surface area contributed by atoms with E-state index in [2.05, 4.69) is 4.90 Å². The molecule has 3 heterocycles. The SMILES string of the molecule is O=C1CCCN1CC1CCC2(COCCN(Cc3c(Cl)cccc3[N+](=O)[O-])C2)O1. The third-order valence-electron chi connectivity index (χ3n) is 6.04. The van der Waals surface area contributed by atoms with E-state index >= 15 is 0 Å². The predicted molar refractivity (Wildman–Crippen MR) is 107 cm³/mol. The summed E-state index contributed by atoms with van der Waals surface area (Å²) in [6.07, 6.45) is 3.29. The van der Waals surface area contributed by atoms with Crippen LogP contribution in [0.1, 0.15) is 31.2 Å². The van der Waals surface area contributed by atoms with Gasteiger partial charge in [0.25, 0.3) is 5.69 Å². The molecule has 0 bridgehead atoms. The van der Waals surface area contributed by atoms with E-state index in [4.69, 9.17) is 21.1 Å². The first-order chi connectivity index (χ1) is 14.0. The van der Waals surface area contributed by atoms with E-state index in [0.717, 1.165) is 25.8 Å². The molecule has 0 aromatic heterocycles. The van der Waals surface area contributed by atoms with Crippen molar-refractivity contribution >= 4 is 23.2 Å². The summed E-state index contributed by atoms with van der Waals surface area (Å²) < 4.78 is 12.3. The van der Waals surface area contributed by atoms with Crippen molar-refractivity contribution in [2.45, 2.75) is 43.9 Å². The molecule has 9 heteroatoms. The van der Waals surface area contributed by atoms with Crippen molar-refractivity contribution in [1.82, 2.24) is 9.80 Å². The number of nitro benzene ring substituents is 1. The number of nitrogens with zero attached hydrogens (tertiary/aromatic N) is 3. The smallest absolute Gasteiger partial charge is 0.275 e. The maximum Gasteiger partial charge on any atom is 0.275 e. The predicted octanol–water partition coefficient (Wildman–Crippen LogP) is 2.62. The number of carbonyl (C=O) groups excluding carboxylic acids is 1. The van der Waals surface area contributed by atoms with Gasteiger partial charge in [0.1, 0.15) is 5.60 Å². The van der Waals surface area contributed by atoms with Crippen LogP contribution in [0.3, 0.4) is 0 Å². The van der Waals surface area contributed by atoms with Gasteiger partial charge in [0.2, 0.25) is 5.91 Å². The molecule has 29 heavy (non-hydrogen) atoms. The Kier molecular flexibility index (Phi) is 6.06. The van der Waals surface area contributed by atoms with Crippen molar-refractivity contribution < 1.29 is 19.2 Å². The first-order valence-corrected chi connectivity index (χ1v) is 10.5. The minimum atomic E-state index is -0.444. The Bertz CT molecular complexity index is 791. The van der Waals surface area contributed by atoms with Gasteiger partial charge in [0.05, 0.1) is 34.8 Å². The van der Waals surface area contributed by atoms with Gasteiger partial charge < -0.3 is 14.4 Å². The molecule has 2 unspecified atom stereocenters. The van der Waals surface area contributed by atoms with Crippen molar-refractivity contribution in [2.75, 3.05) is 39.4 Å². The van der Waals surface area contributed by atoms with Crippen LogP contribution in [-0.2, 0) is 20.8 Å². The molecule has 0 radical (unpaired) electrons. The van der Waals surface area contributed by atoms with Crippen LogP contribution in [0.4, 0.5) is 5.69 Å². The second kappa shape index (κ2) is 8.55. The van der Waals surface area contributed by atoms with Crippen molar-refractivity contribution in [3.05, 3.63) is 38.9 Å². The van der Waals surface area contributed by atoms with Crippen molar-refractivity contribution in [2.24, 2.45) is 0 Å². The van der Waals surface area contributed by atoms with Gasteiger partial charge in [-0.2, -0.15) is 0 Å². The van der Waals surface area contributed by atoms with Crippen LogP contribution in [0, 0.1) is 10.1 Å². The lowest BCUT2D eigenvalue weighted by atomic mass is 9.99. The van der Waals surface area contributed by atoms with E-state index < -0.39 is 5.60 Å². The first kappa shape index (κ1) is 20.5. The van der Waals surface area contributed by atoms with Gasteiger partial charge in [0, 0.05) is 45.2 Å². The average Bonchev–Trinajstić information content (AvgIpc) is 3.20. The van der Waals surface area contributed by atoms with Crippen molar-refractivity contribution in [1.29, 1.82) is 0 Å². The molecule has 1 aromatic carbocycles. The fraction of sp³-hybridized carbons (Fsp3) is 0.650. The molecule has 3 saturated heterocycles. The first-order valence-electron chi connectivity index (χ1n) is 10.1. The van der Waals surface area contributed by atoms with Crippen molar-refractivity contribution in [3.8, 4) is 0 Å². The van der Waals surface area contributed by atoms with Crippen LogP contribution in [0.5, 0.6) is 0 Å². The highest BCUT2D eigenvalue weighted by atomic mass is 35.5. The molecule has 1 aromatic rings. The molecule has 0 aliphatic carbocycles. The number of carbonyl (C=O) groups is 1. The Labute approximate surface area is 174 Å². The topological polar surface area (TPSA) is 85.2 Å². The summed E-state index contributed by atoms with van der Waals surface area (Å²) in [5, 5.41) is 11.8. The summed E-state index contributed by atoms with van der Waals surface area (Å²) in [6, 6.07) is 4.77. The molecule has 0 saturated carbocycles. The number of likely N-dealkylation sites (tertiary alicyclic amines) is 1. The van der Waals surface area contributed by atoms with E-state index in [1.165, 1.54) is 6.07 Å². The third-order valence-corrected chi connectivity index (χ3v) is 6.39. The molecule has 1 spiro atoms. The highest BCUT2D eigenvalue weighted by Gasteiger charge is 2.44. The summed E-state index contributed by atoms with van der Waals surface area (Å²) in [7, 11) is 0. The highest BCUT2D eigenvalue weighted by Crippen LogP contribution is 2.35. The van der Waals surface area contributed by atoms with Gasteiger partial charge in [-0.3, -0.25) is 19.8 Å². The lowest BCUT2D eigenvalue weighted by Crippen LogP contribution is -2.45. The Morgan fingerprint density at radius 2 is 2.21 bits per heavy atom. The van der Waals surface area contributed by atoms with Gasteiger partial charge in [-0.25, -0.2) is 0 Å². The zero-order chi connectivity index (χ0) is 20.4. The maximum atomic E-state index is 11.9. The van der Waals surface area contributed by atoms with Crippen LogP contribution in [0.25, 0.3) is 0 Å². The maximum absolute atomic E-state index is 11.9. The lowest BCUT2D eigenvalue weighted by molar-refractivity contribution is -0.385. The quantitative estimate of drug-likeness (QED) is 0.534. The Hall–Kier alpha value is -1.74. The minimum Gasteiger partial charge on any atom is -0.377 e. The Balaban J connectivity index is 1.45. The van der Waals surface area contributed by atoms with Crippen LogP contribution in [0.2, 0.25) is 5.02 Å². The normalized spacial score (nSPS) is 28.2. The number of hydrogen-bond acceptors (Lipinski definition) is 6. The number of nitro groups is 1. The zero-order valence-electron chi connectivity index (χ0n) is 16.3. The van der Waals surface area contributed by atoms with Gasteiger partial charge in [-0.15, -0.1) is 0 Å². The van der Waals surface area contributed by atoms with E-state index in [9.17, 15) is 14.9 Å². The fourth-order valence-corrected chi connectivity index (χ4v) is 4.84. The van der Waals surface area contributed by atoms with Crippen LogP contribution < -0.4 is 0 Å². The molecular weight excluding hydrogens is 398 g/mol. The summed E-state index contributed by atoms with van der Waals surface area (Å²) in [6.45, 7) is 4.14. The molecular formula is C20H26ClN3O5. The monoisotopic (exact) mass is 423 g/mol. The molecule has 3 aliphatic rings. The van der Waals surface area contributed by atoms with Crippen molar-refractivity contribution in [3.63, 3.8) is 0 Å². The summed E-state index contributed by atoms with van der Waals surface area (Å²) in [5.41, 5.74) is 0.114. The summed E-state index contributed by atoms with van der Waals surface area (Å²) >= 11 is 6.29. The lowest BCUT2D eigenvalue weighted by Gasteiger charge is -2.32. The molecule has 3 fully saturated rings. The second-order valence-corrected chi connectivity index (χ2v) is 8.57. The largest absolute Gasteiger partial charge is 0.377 e. The summed E-state index contributed by atoms with van der Waals surface area (Å²) in [4.78, 5) is 27.0. The van der Waals surface area contributed by atoms with Crippen LogP contribution >= 0.6 is 11.6 Å². The van der Waals surface area contributed by atoms with E-state index in [0.29, 0.717) is 56.4 Å². The standard InChI is InChI=1S/C20H26ClN3O5/c21-17-3-1-4-18(24(26)27)16(17)12-22-9-10-28-14-20(13-22)7-6-15(29-20)11-23-8-2-5-19(23)25/h1,3-4,15H,2,5-14H2. The Morgan fingerprint density at radius 3 is 2.97 bits per heavy atom. The number of hydrogen-bond donors (Lipinski definition) is 0. The third kappa shape index (κ3) is 4.55. The Morgan fingerprint density at radius 1 is 1.34 bits per heavy atom. The zero-order valence-corrected chi connectivity index (χ0v) is 17.1. The molecule has 158 valence electrons. The van der Waals surface area contributed by atoms with Gasteiger partial charge >= 0.3 is 0 Å². The molecule has 8 nitrogen and oxygen atoms in total. The number of halogens is 1. The second-order valence-electron chi connectivity index (χ2n) is 8.16. The van der Waals surface area contributed by atoms with E-state index in [1.807, 2.05) is 4.90 Å². The molecule has 1 amide bonds. The number of rotatable bonds is 5. The summed E-state index contributed by atoms with van der Waals surface area (Å²) in [5.74, 6) is 0.208. The molecule has 4 rings (SSSR count). The molecule has 3 aliphatic heterocycles. The van der Waals surface area contributed by atoms with Crippen LogP contribution in [-0.4, -0.2) is 71.7 Å². The van der Waals surface area contributed by atoms with E-state index in [-0.39, 0.29) is 22.6 Å². The van der Waals surface area contributed by atoms with Gasteiger partial charge in [-0.05, 0) is 25.3 Å².